The molecule has 2 aliphatic heterocycles. The summed E-state index contributed by atoms with van der Waals surface area (Å²) in [4.78, 5) is 16.6. The van der Waals surface area contributed by atoms with Crippen LogP contribution in [-0.2, 0) is 12.1 Å². The van der Waals surface area contributed by atoms with Crippen LogP contribution in [0.3, 0.4) is 0 Å². The van der Waals surface area contributed by atoms with Crippen molar-refractivity contribution >= 4 is 11.0 Å². The third-order valence-electron chi connectivity index (χ3n) is 7.85. The van der Waals surface area contributed by atoms with Crippen LogP contribution in [0.15, 0.2) is 49.2 Å². The van der Waals surface area contributed by atoms with Gasteiger partial charge >= 0.3 is 0 Å². The first-order valence-electron chi connectivity index (χ1n) is 12.6. The number of rotatable bonds is 7. The number of methoxy groups -OCH3 is 1. The monoisotopic (exact) mass is 500 g/mol. The predicted molar refractivity (Wildman–Crippen MR) is 136 cm³/mol. The minimum Gasteiger partial charge on any atom is -0.496 e. The summed E-state index contributed by atoms with van der Waals surface area (Å²) in [5.41, 5.74) is 2.82. The molecule has 2 aliphatic rings. The van der Waals surface area contributed by atoms with E-state index < -0.39 is 0 Å². The maximum Gasteiger partial charge on any atom is 0.141 e. The number of nitriles is 1. The molecule has 2 saturated heterocycles. The summed E-state index contributed by atoms with van der Waals surface area (Å²) in [5.74, 6) is 0.382. The van der Waals surface area contributed by atoms with Crippen molar-refractivity contribution in [2.75, 3.05) is 33.3 Å². The van der Waals surface area contributed by atoms with E-state index in [1.807, 2.05) is 35.4 Å². The van der Waals surface area contributed by atoms with E-state index in [1.54, 1.807) is 19.5 Å². The van der Waals surface area contributed by atoms with Crippen molar-refractivity contribution in [3.63, 3.8) is 0 Å². The quantitative estimate of drug-likeness (QED) is 0.414. The molecule has 190 valence electrons. The average Bonchev–Trinajstić information content (AvgIpc) is 3.58. The summed E-state index contributed by atoms with van der Waals surface area (Å²) in [7, 11) is 1.58. The van der Waals surface area contributed by atoms with Crippen molar-refractivity contribution in [2.45, 2.75) is 37.4 Å². The number of hydrogen-bond acceptors (Lipinski definition) is 7. The lowest BCUT2D eigenvalue weighted by Gasteiger charge is -2.53. The van der Waals surface area contributed by atoms with Crippen LogP contribution in [0.5, 0.6) is 5.75 Å². The summed E-state index contributed by atoms with van der Waals surface area (Å²) < 4.78 is 21.7. The van der Waals surface area contributed by atoms with E-state index in [0.717, 1.165) is 61.3 Å². The van der Waals surface area contributed by atoms with Crippen molar-refractivity contribution in [1.29, 1.82) is 5.26 Å². The third kappa shape index (κ3) is 4.24. The van der Waals surface area contributed by atoms with Crippen LogP contribution in [0.2, 0.25) is 0 Å². The fourth-order valence-corrected chi connectivity index (χ4v) is 5.81. The van der Waals surface area contributed by atoms with Crippen LogP contribution in [0.4, 0.5) is 4.39 Å². The Morgan fingerprint density at radius 3 is 2.84 bits per heavy atom. The molecule has 37 heavy (non-hydrogen) atoms. The number of benzene rings is 1. The highest BCUT2D eigenvalue weighted by molar-refractivity contribution is 5.90. The average molecular weight is 501 g/mol. The van der Waals surface area contributed by atoms with Crippen LogP contribution in [-0.4, -0.2) is 73.9 Å². The lowest BCUT2D eigenvalue weighted by Crippen LogP contribution is -2.66. The van der Waals surface area contributed by atoms with Crippen molar-refractivity contribution in [3.05, 3.63) is 60.6 Å². The number of aromatic nitrogens is 5. The Morgan fingerprint density at radius 1 is 1.22 bits per heavy atom. The standard InChI is InChI=1S/C27H29FN8O/c1-37-24-4-2-3-23(28)22(24)15-34-11-6-20(7-12-34)35-16-27(17-35,8-9-29)36-14-19(13-33-36)25-21-5-10-30-26(21)32-18-31-25/h2-5,10,13-14,18,20H,6-8,11-12,15-17H2,1H3,(H,30,31,32). The normalized spacial score (nSPS) is 18.5. The first-order valence-corrected chi connectivity index (χ1v) is 12.6. The number of ether oxygens (including phenoxy) is 1. The van der Waals surface area contributed by atoms with E-state index in [0.29, 0.717) is 30.3 Å². The van der Waals surface area contributed by atoms with Gasteiger partial charge in [0, 0.05) is 54.6 Å². The SMILES string of the molecule is COc1cccc(F)c1CN1CCC(N2CC(CC#N)(n3cc(-c4ncnc5[nH]ccc45)cn3)C2)CC1. The molecule has 0 spiro atoms. The molecule has 1 aromatic carbocycles. The van der Waals surface area contributed by atoms with Gasteiger partial charge in [0.1, 0.15) is 29.1 Å². The van der Waals surface area contributed by atoms with E-state index in [4.69, 9.17) is 4.74 Å². The minimum atomic E-state index is -0.338. The number of piperidine rings is 1. The summed E-state index contributed by atoms with van der Waals surface area (Å²) in [6.45, 7) is 3.93. The first kappa shape index (κ1) is 23.6. The van der Waals surface area contributed by atoms with Gasteiger partial charge in [-0.25, -0.2) is 14.4 Å². The Hall–Kier alpha value is -3.81. The Morgan fingerprint density at radius 2 is 2.05 bits per heavy atom. The second kappa shape index (κ2) is 9.57. The lowest BCUT2D eigenvalue weighted by molar-refractivity contribution is -0.0437. The smallest absolute Gasteiger partial charge is 0.141 e. The van der Waals surface area contributed by atoms with Crippen LogP contribution >= 0.6 is 0 Å². The van der Waals surface area contributed by atoms with Crippen molar-refractivity contribution in [2.24, 2.45) is 0 Å². The largest absolute Gasteiger partial charge is 0.496 e. The van der Waals surface area contributed by atoms with Gasteiger partial charge in [0.15, 0.2) is 0 Å². The second-order valence-corrected chi connectivity index (χ2v) is 10.0. The zero-order valence-electron chi connectivity index (χ0n) is 20.8. The van der Waals surface area contributed by atoms with Crippen molar-refractivity contribution in [3.8, 4) is 23.1 Å². The van der Waals surface area contributed by atoms with Gasteiger partial charge in [0.2, 0.25) is 0 Å². The Balaban J connectivity index is 1.11. The van der Waals surface area contributed by atoms with Crippen molar-refractivity contribution < 1.29 is 9.13 Å². The second-order valence-electron chi connectivity index (χ2n) is 10.0. The Labute approximate surface area is 214 Å². The molecule has 0 aliphatic carbocycles. The zero-order valence-corrected chi connectivity index (χ0v) is 20.8. The maximum absolute atomic E-state index is 14.4. The molecular weight excluding hydrogens is 471 g/mol. The molecule has 2 fully saturated rings. The third-order valence-corrected chi connectivity index (χ3v) is 7.85. The van der Waals surface area contributed by atoms with E-state index in [2.05, 4.69) is 35.9 Å². The highest BCUT2D eigenvalue weighted by Crippen LogP contribution is 2.37. The molecule has 0 radical (unpaired) electrons. The molecule has 0 unspecified atom stereocenters. The number of likely N-dealkylation sites (tertiary alicyclic amines) is 2. The number of hydrogen-bond donors (Lipinski definition) is 1. The van der Waals surface area contributed by atoms with Gasteiger partial charge in [-0.2, -0.15) is 10.4 Å². The van der Waals surface area contributed by atoms with Crippen LogP contribution in [0, 0.1) is 17.1 Å². The number of nitrogens with zero attached hydrogens (tertiary/aromatic N) is 7. The first-order chi connectivity index (χ1) is 18.1. The topological polar surface area (TPSA) is 98.9 Å². The van der Waals surface area contributed by atoms with Gasteiger partial charge < -0.3 is 9.72 Å². The summed E-state index contributed by atoms with van der Waals surface area (Å²) in [6.07, 6.45) is 9.66. The molecule has 9 nitrogen and oxygen atoms in total. The van der Waals surface area contributed by atoms with Crippen LogP contribution in [0.25, 0.3) is 22.3 Å². The van der Waals surface area contributed by atoms with Gasteiger partial charge in [0.25, 0.3) is 0 Å². The summed E-state index contributed by atoms with van der Waals surface area (Å²) in [6, 6.07) is 9.78. The molecule has 5 heterocycles. The van der Waals surface area contributed by atoms with Gasteiger partial charge in [-0.15, -0.1) is 0 Å². The molecule has 6 rings (SSSR count). The number of aromatic amines is 1. The minimum absolute atomic E-state index is 0.219. The number of H-pyrrole nitrogens is 1. The van der Waals surface area contributed by atoms with Crippen molar-refractivity contribution in [1.82, 2.24) is 34.5 Å². The summed E-state index contributed by atoms with van der Waals surface area (Å²) >= 11 is 0. The van der Waals surface area contributed by atoms with E-state index >= 15 is 0 Å². The predicted octanol–water partition coefficient (Wildman–Crippen LogP) is 3.56. The van der Waals surface area contributed by atoms with Gasteiger partial charge in [-0.1, -0.05) is 6.07 Å². The molecule has 0 bridgehead atoms. The molecule has 1 N–H and O–H groups in total. The number of halogens is 1. The zero-order chi connectivity index (χ0) is 25.4. The highest BCUT2D eigenvalue weighted by atomic mass is 19.1. The van der Waals surface area contributed by atoms with Crippen LogP contribution < -0.4 is 4.74 Å². The van der Waals surface area contributed by atoms with E-state index in [9.17, 15) is 9.65 Å². The molecule has 0 amide bonds. The lowest BCUT2D eigenvalue weighted by atomic mass is 9.83. The fourth-order valence-electron chi connectivity index (χ4n) is 5.81. The van der Waals surface area contributed by atoms with Gasteiger partial charge in [-0.3, -0.25) is 14.5 Å². The van der Waals surface area contributed by atoms with Crippen LogP contribution in [0.1, 0.15) is 24.8 Å². The summed E-state index contributed by atoms with van der Waals surface area (Å²) in [5, 5.41) is 15.2. The molecule has 3 aromatic heterocycles. The Kier molecular flexibility index (Phi) is 6.10. The molecular formula is C27H29FN8O. The molecule has 4 aromatic rings. The van der Waals surface area contributed by atoms with E-state index in [1.165, 1.54) is 6.07 Å². The van der Waals surface area contributed by atoms with Gasteiger partial charge in [-0.05, 0) is 44.1 Å². The van der Waals surface area contributed by atoms with E-state index in [-0.39, 0.29) is 11.4 Å². The molecule has 10 heteroatoms. The number of fused-ring (bicyclic) bond motifs is 1. The molecule has 0 saturated carbocycles. The Bertz CT molecular complexity index is 1440. The fraction of sp³-hybridized carbons (Fsp3) is 0.407. The molecule has 0 atom stereocenters. The van der Waals surface area contributed by atoms with Gasteiger partial charge in [0.05, 0.1) is 31.5 Å². The number of nitrogens with one attached hydrogen (secondary N) is 1. The highest BCUT2D eigenvalue weighted by Gasteiger charge is 2.48. The maximum atomic E-state index is 14.4.